The summed E-state index contributed by atoms with van der Waals surface area (Å²) in [5, 5.41) is 2.46. The molecule has 1 aromatic heterocycles. The van der Waals surface area contributed by atoms with Crippen LogP contribution in [0.25, 0.3) is 10.9 Å². The topological polar surface area (TPSA) is 12.9 Å². The lowest BCUT2D eigenvalue weighted by Gasteiger charge is -2.08. The van der Waals surface area contributed by atoms with E-state index in [4.69, 9.17) is 34.8 Å². The second kappa shape index (κ2) is 4.10. The molecule has 1 nitrogen and oxygen atoms in total. The normalized spacial score (nSPS) is 11.0. The summed E-state index contributed by atoms with van der Waals surface area (Å²) in [6.07, 6.45) is 0. The van der Waals surface area contributed by atoms with E-state index in [0.29, 0.717) is 20.6 Å². The number of hydrogen-bond donors (Lipinski definition) is 0. The zero-order chi connectivity index (χ0) is 11.2. The molecule has 0 unspecified atom stereocenters. The van der Waals surface area contributed by atoms with Gasteiger partial charge < -0.3 is 0 Å². The van der Waals surface area contributed by atoms with Gasteiger partial charge in [0.25, 0.3) is 0 Å². The molecular formula is C10H5BrCl3N. The third-order valence-electron chi connectivity index (χ3n) is 2.09. The molecule has 0 aliphatic rings. The molecule has 0 fully saturated rings. The van der Waals surface area contributed by atoms with Crippen molar-refractivity contribution in [1.82, 2.24) is 4.98 Å². The SMILES string of the molecule is Cc1nc2c(Cl)ccc(Cl)c2c(Br)c1Cl. The molecule has 0 bridgehead atoms. The second-order valence-electron chi connectivity index (χ2n) is 3.08. The van der Waals surface area contributed by atoms with Crippen molar-refractivity contribution in [3.63, 3.8) is 0 Å². The number of hydrogen-bond acceptors (Lipinski definition) is 1. The Morgan fingerprint density at radius 3 is 2.40 bits per heavy atom. The van der Waals surface area contributed by atoms with Crippen LogP contribution in [0.15, 0.2) is 16.6 Å². The zero-order valence-electron chi connectivity index (χ0n) is 7.61. The van der Waals surface area contributed by atoms with Crippen molar-refractivity contribution < 1.29 is 0 Å². The average Bonchev–Trinajstić information content (AvgIpc) is 2.20. The van der Waals surface area contributed by atoms with Gasteiger partial charge in [0, 0.05) is 9.86 Å². The van der Waals surface area contributed by atoms with E-state index >= 15 is 0 Å². The maximum Gasteiger partial charge on any atom is 0.0918 e. The van der Waals surface area contributed by atoms with E-state index < -0.39 is 0 Å². The first-order valence-electron chi connectivity index (χ1n) is 4.11. The predicted octanol–water partition coefficient (Wildman–Crippen LogP) is 5.27. The second-order valence-corrected chi connectivity index (χ2v) is 5.06. The quantitative estimate of drug-likeness (QED) is 0.643. The van der Waals surface area contributed by atoms with Crippen molar-refractivity contribution in [2.75, 3.05) is 0 Å². The summed E-state index contributed by atoms with van der Waals surface area (Å²) in [5.74, 6) is 0. The smallest absolute Gasteiger partial charge is 0.0918 e. The van der Waals surface area contributed by atoms with Gasteiger partial charge in [-0.15, -0.1) is 0 Å². The Labute approximate surface area is 110 Å². The molecule has 2 rings (SSSR count). The summed E-state index contributed by atoms with van der Waals surface area (Å²) in [4.78, 5) is 4.32. The van der Waals surface area contributed by atoms with Gasteiger partial charge in [0.2, 0.25) is 0 Å². The summed E-state index contributed by atoms with van der Waals surface area (Å²) in [5.41, 5.74) is 1.39. The van der Waals surface area contributed by atoms with E-state index in [1.54, 1.807) is 12.1 Å². The van der Waals surface area contributed by atoms with Crippen LogP contribution in [0.5, 0.6) is 0 Å². The number of rotatable bonds is 0. The lowest BCUT2D eigenvalue weighted by atomic mass is 10.2. The van der Waals surface area contributed by atoms with Crippen LogP contribution in [0.2, 0.25) is 15.1 Å². The van der Waals surface area contributed by atoms with E-state index in [0.717, 1.165) is 15.6 Å². The highest BCUT2D eigenvalue weighted by atomic mass is 79.9. The number of aryl methyl sites for hydroxylation is 1. The van der Waals surface area contributed by atoms with Crippen molar-refractivity contribution in [2.45, 2.75) is 6.92 Å². The Hall–Kier alpha value is -0.0200. The lowest BCUT2D eigenvalue weighted by Crippen LogP contribution is -1.89. The number of benzene rings is 1. The molecule has 0 saturated carbocycles. The summed E-state index contributed by atoms with van der Waals surface area (Å²) < 4.78 is 0.735. The Morgan fingerprint density at radius 2 is 1.73 bits per heavy atom. The standard InChI is InChI=1S/C10H5BrCl3N/c1-4-9(14)8(11)7-5(12)2-3-6(13)10(7)15-4/h2-3H,1H3. The Morgan fingerprint density at radius 1 is 1.13 bits per heavy atom. The number of aromatic nitrogens is 1. The number of halogens is 4. The van der Waals surface area contributed by atoms with Gasteiger partial charge in [0.15, 0.2) is 0 Å². The minimum Gasteiger partial charge on any atom is -0.250 e. The van der Waals surface area contributed by atoms with Gasteiger partial charge in [-0.25, -0.2) is 4.98 Å². The molecule has 0 amide bonds. The van der Waals surface area contributed by atoms with Crippen LogP contribution in [0, 0.1) is 6.92 Å². The van der Waals surface area contributed by atoms with Crippen molar-refractivity contribution in [3.8, 4) is 0 Å². The molecule has 5 heteroatoms. The molecule has 0 saturated heterocycles. The van der Waals surface area contributed by atoms with Crippen LogP contribution in [0.1, 0.15) is 5.69 Å². The van der Waals surface area contributed by atoms with E-state index in [2.05, 4.69) is 20.9 Å². The summed E-state index contributed by atoms with van der Waals surface area (Å²) >= 11 is 21.6. The molecule has 0 radical (unpaired) electrons. The molecule has 78 valence electrons. The van der Waals surface area contributed by atoms with Crippen LogP contribution >= 0.6 is 50.7 Å². The highest BCUT2D eigenvalue weighted by Gasteiger charge is 2.13. The van der Waals surface area contributed by atoms with Gasteiger partial charge in [0.1, 0.15) is 0 Å². The third-order valence-corrected chi connectivity index (χ3v) is 4.19. The van der Waals surface area contributed by atoms with Crippen molar-refractivity contribution in [1.29, 1.82) is 0 Å². The molecule has 0 aliphatic carbocycles. The van der Waals surface area contributed by atoms with Crippen LogP contribution in [0.4, 0.5) is 0 Å². The fourth-order valence-corrected chi connectivity index (χ4v) is 2.73. The summed E-state index contributed by atoms with van der Waals surface area (Å²) in [6, 6.07) is 3.45. The van der Waals surface area contributed by atoms with E-state index in [1.165, 1.54) is 0 Å². The number of nitrogens with zero attached hydrogens (tertiary/aromatic N) is 1. The first kappa shape index (κ1) is 11.5. The summed E-state index contributed by atoms with van der Waals surface area (Å²) in [6.45, 7) is 1.82. The minimum absolute atomic E-state index is 0.562. The Kier molecular flexibility index (Phi) is 3.13. The van der Waals surface area contributed by atoms with E-state index in [-0.39, 0.29) is 0 Å². The molecule has 1 aromatic carbocycles. The molecule has 2 aromatic rings. The predicted molar refractivity (Wildman–Crippen MR) is 69.2 cm³/mol. The average molecular weight is 325 g/mol. The van der Waals surface area contributed by atoms with Crippen molar-refractivity contribution >= 4 is 61.6 Å². The fraction of sp³-hybridized carbons (Fsp3) is 0.100. The highest BCUT2D eigenvalue weighted by Crippen LogP contribution is 2.38. The molecule has 15 heavy (non-hydrogen) atoms. The Bertz CT molecular complexity index is 554. The molecule has 0 N–H and O–H groups in total. The van der Waals surface area contributed by atoms with Gasteiger partial charge in [0.05, 0.1) is 26.3 Å². The van der Waals surface area contributed by atoms with Crippen LogP contribution < -0.4 is 0 Å². The van der Waals surface area contributed by atoms with Gasteiger partial charge in [-0.3, -0.25) is 0 Å². The van der Waals surface area contributed by atoms with Crippen molar-refractivity contribution in [3.05, 3.63) is 37.4 Å². The van der Waals surface area contributed by atoms with Gasteiger partial charge in [-0.2, -0.15) is 0 Å². The van der Waals surface area contributed by atoms with E-state index in [9.17, 15) is 0 Å². The van der Waals surface area contributed by atoms with Crippen LogP contribution in [-0.2, 0) is 0 Å². The largest absolute Gasteiger partial charge is 0.250 e. The fourth-order valence-electron chi connectivity index (χ4n) is 1.34. The zero-order valence-corrected chi connectivity index (χ0v) is 11.5. The summed E-state index contributed by atoms with van der Waals surface area (Å²) in [7, 11) is 0. The molecule has 0 atom stereocenters. The Balaban J connectivity index is 3.04. The maximum atomic E-state index is 6.07. The van der Waals surface area contributed by atoms with Gasteiger partial charge in [-0.05, 0) is 35.0 Å². The molecule has 1 heterocycles. The van der Waals surface area contributed by atoms with Crippen molar-refractivity contribution in [2.24, 2.45) is 0 Å². The third kappa shape index (κ3) is 1.84. The maximum absolute atomic E-state index is 6.07. The molecule has 0 spiro atoms. The lowest BCUT2D eigenvalue weighted by molar-refractivity contribution is 1.25. The highest BCUT2D eigenvalue weighted by molar-refractivity contribution is 9.10. The molecule has 0 aliphatic heterocycles. The monoisotopic (exact) mass is 323 g/mol. The minimum atomic E-state index is 0.562. The number of fused-ring (bicyclic) bond motifs is 1. The number of pyridine rings is 1. The molecular weight excluding hydrogens is 320 g/mol. The van der Waals surface area contributed by atoms with Crippen LogP contribution in [0.3, 0.4) is 0 Å². The first-order chi connectivity index (χ1) is 7.02. The van der Waals surface area contributed by atoms with Gasteiger partial charge in [-0.1, -0.05) is 34.8 Å². The van der Waals surface area contributed by atoms with Crippen LogP contribution in [-0.4, -0.2) is 4.98 Å². The van der Waals surface area contributed by atoms with E-state index in [1.807, 2.05) is 6.92 Å². The van der Waals surface area contributed by atoms with Gasteiger partial charge >= 0.3 is 0 Å². The first-order valence-corrected chi connectivity index (χ1v) is 6.04.